The highest BCUT2D eigenvalue weighted by Crippen LogP contribution is 2.33. The molecule has 1 aliphatic rings. The van der Waals surface area contributed by atoms with Crippen LogP contribution in [-0.2, 0) is 24.6 Å². The van der Waals surface area contributed by atoms with E-state index < -0.39 is 47.3 Å². The van der Waals surface area contributed by atoms with Crippen molar-refractivity contribution in [1.29, 1.82) is 0 Å². The Bertz CT molecular complexity index is 1110. The number of nitrogens with one attached hydrogen (secondary N) is 2. The Hall–Kier alpha value is -3.89. The number of hydrogen-bond acceptors (Lipinski definition) is 8. The average Bonchev–Trinajstić information content (AvgIpc) is 3.34. The Morgan fingerprint density at radius 3 is 2.46 bits per heavy atom. The first-order chi connectivity index (χ1) is 16.2. The summed E-state index contributed by atoms with van der Waals surface area (Å²) in [4.78, 5) is 55.6. The number of carbonyl (C=O) groups is 4. The summed E-state index contributed by atoms with van der Waals surface area (Å²) in [5, 5.41) is 5.12. The normalized spacial score (nSPS) is 18.3. The van der Waals surface area contributed by atoms with Gasteiger partial charge in [-0.25, -0.2) is 14.5 Å². The van der Waals surface area contributed by atoms with E-state index in [1.165, 1.54) is 6.07 Å². The minimum absolute atomic E-state index is 0.0791. The molecular weight excluding hydrogens is 456 g/mol. The number of nitrogens with zero attached hydrogens (tertiary/aromatic N) is 2. The lowest BCUT2D eigenvalue weighted by molar-refractivity contribution is -0.158. The summed E-state index contributed by atoms with van der Waals surface area (Å²) in [7, 11) is 0. The van der Waals surface area contributed by atoms with Crippen LogP contribution in [0.25, 0.3) is 11.3 Å². The van der Waals surface area contributed by atoms with Gasteiger partial charge in [0.15, 0.2) is 12.3 Å². The number of urea groups is 1. The van der Waals surface area contributed by atoms with Crippen LogP contribution in [0.15, 0.2) is 41.1 Å². The zero-order chi connectivity index (χ0) is 26.0. The molecule has 4 amide bonds. The van der Waals surface area contributed by atoms with Gasteiger partial charge in [0.1, 0.15) is 17.1 Å². The third kappa shape index (κ3) is 5.79. The third-order valence-corrected chi connectivity index (χ3v) is 4.98. The van der Waals surface area contributed by atoms with Crippen LogP contribution in [0.4, 0.5) is 9.59 Å². The highest BCUT2D eigenvalue weighted by molar-refractivity contribution is 6.07. The number of imide groups is 1. The molecule has 2 aromatic rings. The van der Waals surface area contributed by atoms with Crippen molar-refractivity contribution in [2.45, 2.75) is 52.7 Å². The molecule has 2 aromatic heterocycles. The van der Waals surface area contributed by atoms with Crippen LogP contribution >= 0.6 is 0 Å². The van der Waals surface area contributed by atoms with Crippen LogP contribution in [0.2, 0.25) is 0 Å². The summed E-state index contributed by atoms with van der Waals surface area (Å²) in [5.74, 6) is -0.855. The molecule has 1 saturated heterocycles. The number of amides is 4. The van der Waals surface area contributed by atoms with E-state index in [-0.39, 0.29) is 12.3 Å². The fourth-order valence-corrected chi connectivity index (χ4v) is 3.21. The van der Waals surface area contributed by atoms with Crippen LogP contribution in [0, 0.1) is 5.41 Å². The second kappa shape index (κ2) is 9.40. The fraction of sp³-hybridized carbons (Fsp3) is 0.458. The molecule has 0 spiro atoms. The van der Waals surface area contributed by atoms with Crippen LogP contribution in [0.5, 0.6) is 0 Å². The van der Waals surface area contributed by atoms with E-state index in [9.17, 15) is 19.2 Å². The molecule has 35 heavy (non-hydrogen) atoms. The zero-order valence-electron chi connectivity index (χ0n) is 20.6. The van der Waals surface area contributed by atoms with Crippen molar-refractivity contribution < 1.29 is 33.1 Å². The third-order valence-electron chi connectivity index (χ3n) is 4.98. The topological polar surface area (TPSA) is 140 Å². The van der Waals surface area contributed by atoms with E-state index in [1.54, 1.807) is 72.1 Å². The maximum Gasteiger partial charge on any atom is 0.407 e. The number of esters is 1. The van der Waals surface area contributed by atoms with Gasteiger partial charge in [-0.2, -0.15) is 0 Å². The van der Waals surface area contributed by atoms with Gasteiger partial charge in [0.05, 0.1) is 12.0 Å². The van der Waals surface area contributed by atoms with Gasteiger partial charge >= 0.3 is 18.1 Å². The van der Waals surface area contributed by atoms with Crippen molar-refractivity contribution in [3.8, 4) is 11.3 Å². The molecule has 1 atom stereocenters. The Kier molecular flexibility index (Phi) is 6.91. The number of hydrogen-bond donors (Lipinski definition) is 2. The molecule has 1 aliphatic heterocycles. The van der Waals surface area contributed by atoms with E-state index in [4.69, 9.17) is 13.9 Å². The highest BCUT2D eigenvalue weighted by atomic mass is 16.6. The van der Waals surface area contributed by atoms with Crippen molar-refractivity contribution >= 4 is 24.0 Å². The van der Waals surface area contributed by atoms with Crippen molar-refractivity contribution in [2.75, 3.05) is 13.3 Å². The molecule has 188 valence electrons. The Balaban J connectivity index is 1.91. The van der Waals surface area contributed by atoms with E-state index in [0.717, 1.165) is 4.90 Å². The van der Waals surface area contributed by atoms with Gasteiger partial charge in [-0.1, -0.05) is 0 Å². The number of rotatable bonds is 6. The maximum absolute atomic E-state index is 13.5. The standard InChI is InChI=1S/C24H30N4O7/c1-22(2,3)19(30)33-14-28-18(29)24(27-20(28)31,13-26-21(32)35-23(4,5)6)17-10-9-16(34-17)15-8-7-11-25-12-15/h7-12H,13-14H2,1-6H3,(H,26,32)(H,27,31). The Morgan fingerprint density at radius 1 is 1.14 bits per heavy atom. The average molecular weight is 487 g/mol. The molecular formula is C24H30N4O7. The first-order valence-electron chi connectivity index (χ1n) is 11.0. The number of pyridine rings is 1. The predicted octanol–water partition coefficient (Wildman–Crippen LogP) is 3.16. The van der Waals surface area contributed by atoms with Crippen molar-refractivity contribution in [3.05, 3.63) is 42.4 Å². The minimum Gasteiger partial charge on any atom is -0.458 e. The molecule has 3 heterocycles. The van der Waals surface area contributed by atoms with E-state index >= 15 is 0 Å². The summed E-state index contributed by atoms with van der Waals surface area (Å²) in [6.07, 6.45) is 2.41. The van der Waals surface area contributed by atoms with Gasteiger partial charge in [0, 0.05) is 18.0 Å². The van der Waals surface area contributed by atoms with Gasteiger partial charge in [-0.05, 0) is 65.8 Å². The van der Waals surface area contributed by atoms with Gasteiger partial charge < -0.3 is 24.5 Å². The molecule has 11 nitrogen and oxygen atoms in total. The monoisotopic (exact) mass is 486 g/mol. The van der Waals surface area contributed by atoms with E-state index in [2.05, 4.69) is 15.6 Å². The van der Waals surface area contributed by atoms with Gasteiger partial charge in [-0.3, -0.25) is 14.6 Å². The first kappa shape index (κ1) is 25.7. The summed E-state index contributed by atoms with van der Waals surface area (Å²) in [5.41, 5.74) is -2.73. The highest BCUT2D eigenvalue weighted by Gasteiger charge is 2.55. The fourth-order valence-electron chi connectivity index (χ4n) is 3.21. The lowest BCUT2D eigenvalue weighted by atomic mass is 9.96. The predicted molar refractivity (Wildman–Crippen MR) is 124 cm³/mol. The second-order valence-corrected chi connectivity index (χ2v) is 10.1. The number of aromatic nitrogens is 1. The van der Waals surface area contributed by atoms with Crippen LogP contribution in [0.3, 0.4) is 0 Å². The van der Waals surface area contributed by atoms with Crippen LogP contribution in [0.1, 0.15) is 47.3 Å². The maximum atomic E-state index is 13.5. The summed E-state index contributed by atoms with van der Waals surface area (Å²) >= 11 is 0. The zero-order valence-corrected chi connectivity index (χ0v) is 20.6. The number of carbonyl (C=O) groups excluding carboxylic acids is 4. The lowest BCUT2D eigenvalue weighted by Gasteiger charge is -2.26. The molecule has 1 fully saturated rings. The van der Waals surface area contributed by atoms with Crippen molar-refractivity contribution in [1.82, 2.24) is 20.5 Å². The lowest BCUT2D eigenvalue weighted by Crippen LogP contribution is -2.53. The van der Waals surface area contributed by atoms with Crippen molar-refractivity contribution in [2.24, 2.45) is 5.41 Å². The summed E-state index contributed by atoms with van der Waals surface area (Å²) in [6.45, 7) is 9.09. The summed E-state index contributed by atoms with van der Waals surface area (Å²) in [6, 6.07) is 5.85. The largest absolute Gasteiger partial charge is 0.458 e. The molecule has 3 rings (SSSR count). The van der Waals surface area contributed by atoms with Crippen molar-refractivity contribution in [3.63, 3.8) is 0 Å². The Labute approximate surface area is 203 Å². The van der Waals surface area contributed by atoms with Gasteiger partial charge in [-0.15, -0.1) is 0 Å². The van der Waals surface area contributed by atoms with Gasteiger partial charge in [0.25, 0.3) is 5.91 Å². The van der Waals surface area contributed by atoms with Gasteiger partial charge in [0.2, 0.25) is 0 Å². The summed E-state index contributed by atoms with van der Waals surface area (Å²) < 4.78 is 16.4. The number of furan rings is 1. The number of alkyl carbamates (subject to hydrolysis) is 1. The molecule has 0 aliphatic carbocycles. The number of ether oxygens (including phenoxy) is 2. The first-order valence-corrected chi connectivity index (χ1v) is 11.0. The molecule has 2 N–H and O–H groups in total. The van der Waals surface area contributed by atoms with E-state index in [0.29, 0.717) is 11.3 Å². The van der Waals surface area contributed by atoms with Crippen LogP contribution in [-0.4, -0.2) is 52.8 Å². The van der Waals surface area contributed by atoms with Crippen LogP contribution < -0.4 is 10.6 Å². The molecule has 0 aromatic carbocycles. The molecule has 11 heteroatoms. The molecule has 0 saturated carbocycles. The molecule has 0 radical (unpaired) electrons. The molecule has 0 bridgehead atoms. The Morgan fingerprint density at radius 2 is 1.86 bits per heavy atom. The smallest absolute Gasteiger partial charge is 0.407 e. The second-order valence-electron chi connectivity index (χ2n) is 10.1. The SMILES string of the molecule is CC(C)(C)OC(=O)NCC1(c2ccc(-c3cccnc3)o2)NC(=O)N(COC(=O)C(C)(C)C)C1=O. The quantitative estimate of drug-likeness (QED) is 0.469. The molecule has 1 unspecified atom stereocenters. The minimum atomic E-state index is -1.79. The van der Waals surface area contributed by atoms with E-state index in [1.807, 2.05) is 0 Å².